The summed E-state index contributed by atoms with van der Waals surface area (Å²) in [6, 6.07) is 14.6. The van der Waals surface area contributed by atoms with E-state index in [9.17, 15) is 9.59 Å². The Labute approximate surface area is 157 Å². The zero-order valence-corrected chi connectivity index (χ0v) is 15.4. The van der Waals surface area contributed by atoms with Crippen LogP contribution < -0.4 is 10.4 Å². The molecule has 4 nitrogen and oxygen atoms in total. The molecule has 3 aromatic rings. The van der Waals surface area contributed by atoms with Gasteiger partial charge in [0, 0.05) is 5.39 Å². The summed E-state index contributed by atoms with van der Waals surface area (Å²) in [5.74, 6) is 0.325. The van der Waals surface area contributed by atoms with E-state index in [-0.39, 0.29) is 17.5 Å². The minimum Gasteiger partial charge on any atom is -0.426 e. The Morgan fingerprint density at radius 3 is 2.52 bits per heavy atom. The predicted molar refractivity (Wildman–Crippen MR) is 105 cm³/mol. The zero-order chi connectivity index (χ0) is 18.8. The van der Waals surface area contributed by atoms with Crippen molar-refractivity contribution in [1.29, 1.82) is 0 Å². The number of ether oxygens (including phenoxy) is 1. The Bertz CT molecular complexity index is 1030. The molecule has 2 aromatic carbocycles. The van der Waals surface area contributed by atoms with Crippen LogP contribution in [0.3, 0.4) is 0 Å². The minimum atomic E-state index is -0.363. The van der Waals surface area contributed by atoms with Gasteiger partial charge in [-0.15, -0.1) is 0 Å². The van der Waals surface area contributed by atoms with E-state index in [2.05, 4.69) is 0 Å². The quantitative estimate of drug-likeness (QED) is 0.362. The number of carbonyl (C=O) groups excluding carboxylic acids is 1. The van der Waals surface area contributed by atoms with E-state index in [1.54, 1.807) is 18.2 Å². The van der Waals surface area contributed by atoms with E-state index < -0.39 is 0 Å². The number of aryl methyl sites for hydroxylation is 1. The maximum atomic E-state index is 12.5. The normalized spacial score (nSPS) is 15.0. The maximum Gasteiger partial charge on any atom is 0.344 e. The van der Waals surface area contributed by atoms with Crippen LogP contribution in [0.1, 0.15) is 37.7 Å². The molecule has 0 N–H and O–H groups in total. The minimum absolute atomic E-state index is 0.0101. The molecule has 0 atom stereocenters. The van der Waals surface area contributed by atoms with E-state index >= 15 is 0 Å². The monoisotopic (exact) mass is 362 g/mol. The first kappa shape index (κ1) is 17.5. The molecule has 27 heavy (non-hydrogen) atoms. The molecule has 0 aliphatic heterocycles. The number of hydrogen-bond donors (Lipinski definition) is 0. The van der Waals surface area contributed by atoms with Gasteiger partial charge >= 0.3 is 11.6 Å². The molecular formula is C23H22O4. The number of esters is 1. The molecule has 4 rings (SSSR count). The number of benzene rings is 2. The van der Waals surface area contributed by atoms with Crippen molar-refractivity contribution < 1.29 is 13.9 Å². The van der Waals surface area contributed by atoms with Crippen molar-refractivity contribution in [2.75, 3.05) is 0 Å². The molecule has 0 spiro atoms. The smallest absolute Gasteiger partial charge is 0.344 e. The molecule has 138 valence electrons. The molecule has 0 bridgehead atoms. The van der Waals surface area contributed by atoms with Gasteiger partial charge in [-0.3, -0.25) is 4.79 Å². The first-order chi connectivity index (χ1) is 13.1. The summed E-state index contributed by atoms with van der Waals surface area (Å²) in [5, 5.41) is 0.780. The number of carbonyl (C=O) groups is 1. The summed E-state index contributed by atoms with van der Waals surface area (Å²) in [7, 11) is 0. The highest BCUT2D eigenvalue weighted by molar-refractivity contribution is 5.88. The van der Waals surface area contributed by atoms with Gasteiger partial charge in [0.2, 0.25) is 0 Å². The standard InChI is InChI=1S/C23H22O4/c1-15-19-14-18(26-22(24)17-10-6-3-7-11-17)12-13-20(19)27-23(25)21(15)16-8-4-2-5-9-16/h2,4-5,8-9,12-14,17H,3,6-7,10-11H2,1H3. The van der Waals surface area contributed by atoms with Crippen molar-refractivity contribution in [3.63, 3.8) is 0 Å². The third-order valence-corrected chi connectivity index (χ3v) is 5.36. The van der Waals surface area contributed by atoms with Crippen molar-refractivity contribution in [3.05, 3.63) is 64.5 Å². The molecule has 1 aromatic heterocycles. The summed E-state index contributed by atoms with van der Waals surface area (Å²) in [5.41, 5.74) is 2.31. The van der Waals surface area contributed by atoms with E-state index in [0.29, 0.717) is 16.9 Å². The van der Waals surface area contributed by atoms with E-state index in [1.807, 2.05) is 37.3 Å². The van der Waals surface area contributed by atoms with Gasteiger partial charge < -0.3 is 9.15 Å². The fourth-order valence-electron chi connectivity index (χ4n) is 3.87. The van der Waals surface area contributed by atoms with Crippen LogP contribution in [0.2, 0.25) is 0 Å². The lowest BCUT2D eigenvalue weighted by atomic mass is 9.89. The van der Waals surface area contributed by atoms with Crippen LogP contribution in [0.15, 0.2) is 57.7 Å². The van der Waals surface area contributed by atoms with Crippen LogP contribution >= 0.6 is 0 Å². The first-order valence-electron chi connectivity index (χ1n) is 9.48. The van der Waals surface area contributed by atoms with E-state index in [1.165, 1.54) is 6.42 Å². The van der Waals surface area contributed by atoms with Gasteiger partial charge in [-0.05, 0) is 49.1 Å². The second kappa shape index (κ2) is 7.39. The van der Waals surface area contributed by atoms with Crippen LogP contribution in [0.5, 0.6) is 5.75 Å². The summed E-state index contributed by atoms with van der Waals surface area (Å²) < 4.78 is 11.1. The SMILES string of the molecule is Cc1c(-c2ccccc2)c(=O)oc2ccc(OC(=O)C3CCCCC3)cc12. The third kappa shape index (κ3) is 3.52. The lowest BCUT2D eigenvalue weighted by molar-refractivity contribution is -0.139. The fourth-order valence-corrected chi connectivity index (χ4v) is 3.87. The van der Waals surface area contributed by atoms with Crippen LogP contribution in [0.25, 0.3) is 22.1 Å². The lowest BCUT2D eigenvalue weighted by Gasteiger charge is -2.19. The maximum absolute atomic E-state index is 12.5. The Kier molecular flexibility index (Phi) is 4.80. The highest BCUT2D eigenvalue weighted by atomic mass is 16.5. The predicted octanol–water partition coefficient (Wildman–Crippen LogP) is 5.25. The van der Waals surface area contributed by atoms with Gasteiger partial charge in [0.25, 0.3) is 0 Å². The Balaban J connectivity index is 1.71. The molecule has 1 aliphatic rings. The number of hydrogen-bond acceptors (Lipinski definition) is 4. The van der Waals surface area contributed by atoms with Gasteiger partial charge in [-0.2, -0.15) is 0 Å². The third-order valence-electron chi connectivity index (χ3n) is 5.36. The summed E-state index contributed by atoms with van der Waals surface area (Å²) in [4.78, 5) is 24.9. The van der Waals surface area contributed by atoms with Crippen molar-refractivity contribution in [2.24, 2.45) is 5.92 Å². The highest BCUT2D eigenvalue weighted by Crippen LogP contribution is 2.30. The second-order valence-electron chi connectivity index (χ2n) is 7.17. The Morgan fingerprint density at radius 2 is 1.78 bits per heavy atom. The molecule has 0 radical (unpaired) electrons. The molecule has 0 amide bonds. The summed E-state index contributed by atoms with van der Waals surface area (Å²) in [6.07, 6.45) is 5.17. The second-order valence-corrected chi connectivity index (χ2v) is 7.17. The topological polar surface area (TPSA) is 56.5 Å². The van der Waals surface area contributed by atoms with Crippen LogP contribution in [0, 0.1) is 12.8 Å². The average Bonchev–Trinajstić information content (AvgIpc) is 2.70. The van der Waals surface area contributed by atoms with Crippen LogP contribution in [-0.4, -0.2) is 5.97 Å². The van der Waals surface area contributed by atoms with Crippen molar-refractivity contribution in [3.8, 4) is 16.9 Å². The lowest BCUT2D eigenvalue weighted by Crippen LogP contribution is -2.22. The summed E-state index contributed by atoms with van der Waals surface area (Å²) >= 11 is 0. The molecule has 1 heterocycles. The van der Waals surface area contributed by atoms with Gasteiger partial charge in [0.15, 0.2) is 0 Å². The number of fused-ring (bicyclic) bond motifs is 1. The summed E-state index contributed by atoms with van der Waals surface area (Å²) in [6.45, 7) is 1.90. The number of rotatable bonds is 3. The van der Waals surface area contributed by atoms with Crippen LogP contribution in [0.4, 0.5) is 0 Å². The molecule has 1 fully saturated rings. The Morgan fingerprint density at radius 1 is 1.04 bits per heavy atom. The molecular weight excluding hydrogens is 340 g/mol. The highest BCUT2D eigenvalue weighted by Gasteiger charge is 2.23. The van der Waals surface area contributed by atoms with Crippen molar-refractivity contribution >= 4 is 16.9 Å². The van der Waals surface area contributed by atoms with Crippen molar-refractivity contribution in [2.45, 2.75) is 39.0 Å². The first-order valence-corrected chi connectivity index (χ1v) is 9.48. The van der Waals surface area contributed by atoms with E-state index in [4.69, 9.17) is 9.15 Å². The molecule has 0 unspecified atom stereocenters. The van der Waals surface area contributed by atoms with E-state index in [0.717, 1.165) is 42.2 Å². The van der Waals surface area contributed by atoms with Crippen LogP contribution in [-0.2, 0) is 4.79 Å². The zero-order valence-electron chi connectivity index (χ0n) is 15.4. The van der Waals surface area contributed by atoms with Gasteiger partial charge in [-0.1, -0.05) is 49.6 Å². The van der Waals surface area contributed by atoms with Gasteiger partial charge in [-0.25, -0.2) is 4.79 Å². The molecule has 1 saturated carbocycles. The van der Waals surface area contributed by atoms with Gasteiger partial charge in [0.05, 0.1) is 11.5 Å². The fraction of sp³-hybridized carbons (Fsp3) is 0.304. The Hall–Kier alpha value is -2.88. The van der Waals surface area contributed by atoms with Gasteiger partial charge in [0.1, 0.15) is 11.3 Å². The molecule has 1 aliphatic carbocycles. The van der Waals surface area contributed by atoms with Crippen molar-refractivity contribution in [1.82, 2.24) is 0 Å². The average molecular weight is 362 g/mol. The molecule has 4 heteroatoms. The molecule has 0 saturated heterocycles. The largest absolute Gasteiger partial charge is 0.426 e.